The first-order chi connectivity index (χ1) is 5.24. The number of amides is 1. The Morgan fingerprint density at radius 2 is 2.45 bits per heavy atom. The van der Waals surface area contributed by atoms with Gasteiger partial charge >= 0.3 is 0 Å². The lowest BCUT2D eigenvalue weighted by atomic mass is 10.1. The van der Waals surface area contributed by atoms with Gasteiger partial charge in [0.1, 0.15) is 6.10 Å². The Labute approximate surface area is 71.0 Å². The second-order valence-corrected chi connectivity index (χ2v) is 3.45. The Morgan fingerprint density at radius 1 is 1.73 bits per heavy atom. The van der Waals surface area contributed by atoms with Crippen molar-refractivity contribution in [3.63, 3.8) is 0 Å². The molecular formula is C7H13NO2S. The molecule has 0 aliphatic carbocycles. The summed E-state index contributed by atoms with van der Waals surface area (Å²) in [6.07, 6.45) is 2.47. The molecule has 0 aromatic rings. The molecule has 0 bridgehead atoms. The smallest absolute Gasteiger partial charge is 0.258 e. The van der Waals surface area contributed by atoms with Crippen LogP contribution in [-0.4, -0.2) is 24.9 Å². The van der Waals surface area contributed by atoms with Gasteiger partial charge in [-0.15, -0.1) is 0 Å². The molecule has 4 heteroatoms. The number of ether oxygens (including phenoxy) is 1. The van der Waals surface area contributed by atoms with Crippen LogP contribution >= 0.6 is 11.9 Å². The summed E-state index contributed by atoms with van der Waals surface area (Å²) in [5.41, 5.74) is 0. The highest BCUT2D eigenvalue weighted by Gasteiger charge is 2.27. The summed E-state index contributed by atoms with van der Waals surface area (Å²) in [4.78, 5) is 11.1. The van der Waals surface area contributed by atoms with Gasteiger partial charge in [-0.3, -0.25) is 9.52 Å². The van der Waals surface area contributed by atoms with Crippen LogP contribution < -0.4 is 4.72 Å². The predicted molar refractivity (Wildman–Crippen MR) is 45.2 cm³/mol. The molecule has 1 aliphatic heterocycles. The summed E-state index contributed by atoms with van der Waals surface area (Å²) in [5.74, 6) is 0.523. The number of nitrogens with one attached hydrogen (secondary N) is 1. The minimum Gasteiger partial charge on any atom is -0.368 e. The molecule has 0 saturated carbocycles. The highest BCUT2D eigenvalue weighted by molar-refractivity contribution is 7.97. The van der Waals surface area contributed by atoms with Gasteiger partial charge in [-0.05, 0) is 12.3 Å². The maximum atomic E-state index is 11.1. The lowest BCUT2D eigenvalue weighted by Crippen LogP contribution is -2.29. The minimum absolute atomic E-state index is 0.00171. The molecule has 1 rings (SSSR count). The Morgan fingerprint density at radius 3 is 2.91 bits per heavy atom. The van der Waals surface area contributed by atoms with E-state index in [1.807, 2.05) is 6.26 Å². The fraction of sp³-hybridized carbons (Fsp3) is 0.857. The van der Waals surface area contributed by atoms with Crippen molar-refractivity contribution in [2.24, 2.45) is 5.92 Å². The number of rotatable bonds is 2. The van der Waals surface area contributed by atoms with Crippen LogP contribution in [0.15, 0.2) is 0 Å². The molecule has 1 saturated heterocycles. The molecule has 3 nitrogen and oxygen atoms in total. The monoisotopic (exact) mass is 175 g/mol. The van der Waals surface area contributed by atoms with Crippen LogP contribution in [0.5, 0.6) is 0 Å². The van der Waals surface area contributed by atoms with E-state index in [-0.39, 0.29) is 12.0 Å². The highest BCUT2D eigenvalue weighted by Crippen LogP contribution is 2.18. The van der Waals surface area contributed by atoms with Crippen molar-refractivity contribution in [2.75, 3.05) is 12.9 Å². The van der Waals surface area contributed by atoms with Gasteiger partial charge in [-0.25, -0.2) is 0 Å². The van der Waals surface area contributed by atoms with Crippen molar-refractivity contribution < 1.29 is 9.53 Å². The minimum atomic E-state index is -0.211. The Balaban J connectivity index is 2.31. The molecule has 0 unspecified atom stereocenters. The van der Waals surface area contributed by atoms with Crippen molar-refractivity contribution in [2.45, 2.75) is 19.4 Å². The van der Waals surface area contributed by atoms with Gasteiger partial charge < -0.3 is 4.74 Å². The fourth-order valence-corrected chi connectivity index (χ4v) is 1.46. The van der Waals surface area contributed by atoms with Gasteiger partial charge in [0.05, 0.1) is 6.61 Å². The van der Waals surface area contributed by atoms with Crippen molar-refractivity contribution in [1.29, 1.82) is 0 Å². The lowest BCUT2D eigenvalue weighted by Gasteiger charge is -2.06. The molecule has 64 valence electrons. The average molecular weight is 175 g/mol. The largest absolute Gasteiger partial charge is 0.368 e. The zero-order chi connectivity index (χ0) is 8.27. The van der Waals surface area contributed by atoms with E-state index in [1.165, 1.54) is 11.9 Å². The third kappa shape index (κ3) is 2.38. The Bertz CT molecular complexity index is 151. The first-order valence-electron chi connectivity index (χ1n) is 3.68. The van der Waals surface area contributed by atoms with E-state index in [2.05, 4.69) is 11.6 Å². The number of hydrogen-bond donors (Lipinski definition) is 1. The standard InChI is InChI=1S/C7H13NO2S/c1-5-3-6(10-4-5)7(9)8-11-2/h5-6H,3-4H2,1-2H3,(H,8,9)/t5-,6-/m1/s1. The van der Waals surface area contributed by atoms with Crippen molar-refractivity contribution in [3.8, 4) is 0 Å². The maximum absolute atomic E-state index is 11.1. The maximum Gasteiger partial charge on any atom is 0.258 e. The second kappa shape index (κ2) is 3.97. The van der Waals surface area contributed by atoms with Crippen LogP contribution in [0.3, 0.4) is 0 Å². The highest BCUT2D eigenvalue weighted by atomic mass is 32.2. The number of carbonyl (C=O) groups is 1. The van der Waals surface area contributed by atoms with Crippen LogP contribution in [0.4, 0.5) is 0 Å². The summed E-state index contributed by atoms with van der Waals surface area (Å²) >= 11 is 1.32. The molecular weight excluding hydrogens is 162 g/mol. The summed E-state index contributed by atoms with van der Waals surface area (Å²) in [6.45, 7) is 2.80. The van der Waals surface area contributed by atoms with E-state index in [1.54, 1.807) is 0 Å². The quantitative estimate of drug-likeness (QED) is 0.631. The summed E-state index contributed by atoms with van der Waals surface area (Å²) in [6, 6.07) is 0. The molecule has 1 N–H and O–H groups in total. The average Bonchev–Trinajstić information content (AvgIpc) is 2.36. The second-order valence-electron chi connectivity index (χ2n) is 2.83. The normalized spacial score (nSPS) is 30.4. The third-order valence-corrected chi connectivity index (χ3v) is 2.10. The Kier molecular flexibility index (Phi) is 3.20. The first kappa shape index (κ1) is 8.87. The molecule has 0 radical (unpaired) electrons. The zero-order valence-electron chi connectivity index (χ0n) is 6.79. The molecule has 2 atom stereocenters. The fourth-order valence-electron chi connectivity index (χ4n) is 1.13. The third-order valence-electron chi connectivity index (χ3n) is 1.69. The van der Waals surface area contributed by atoms with E-state index in [0.717, 1.165) is 6.42 Å². The topological polar surface area (TPSA) is 38.3 Å². The predicted octanol–water partition coefficient (Wildman–Crippen LogP) is 0.806. The molecule has 0 aromatic heterocycles. The summed E-state index contributed by atoms with van der Waals surface area (Å²) < 4.78 is 7.91. The van der Waals surface area contributed by atoms with Gasteiger partial charge in [0.15, 0.2) is 0 Å². The lowest BCUT2D eigenvalue weighted by molar-refractivity contribution is -0.127. The molecule has 1 aliphatic rings. The number of carbonyl (C=O) groups excluding carboxylic acids is 1. The van der Waals surface area contributed by atoms with E-state index in [9.17, 15) is 4.79 Å². The van der Waals surface area contributed by atoms with E-state index in [0.29, 0.717) is 12.5 Å². The van der Waals surface area contributed by atoms with Crippen LogP contribution in [0.25, 0.3) is 0 Å². The Hall–Kier alpha value is -0.220. The van der Waals surface area contributed by atoms with Gasteiger partial charge in [0, 0.05) is 6.26 Å². The number of hydrogen-bond acceptors (Lipinski definition) is 3. The van der Waals surface area contributed by atoms with E-state index < -0.39 is 0 Å². The van der Waals surface area contributed by atoms with Crippen LogP contribution in [0.1, 0.15) is 13.3 Å². The van der Waals surface area contributed by atoms with Crippen molar-refractivity contribution >= 4 is 17.9 Å². The van der Waals surface area contributed by atoms with E-state index >= 15 is 0 Å². The van der Waals surface area contributed by atoms with Crippen molar-refractivity contribution in [1.82, 2.24) is 4.72 Å². The first-order valence-corrected chi connectivity index (χ1v) is 4.91. The molecule has 11 heavy (non-hydrogen) atoms. The van der Waals surface area contributed by atoms with Gasteiger partial charge in [-0.1, -0.05) is 18.9 Å². The zero-order valence-corrected chi connectivity index (χ0v) is 7.61. The molecule has 0 spiro atoms. The summed E-state index contributed by atoms with van der Waals surface area (Å²) in [5, 5.41) is 0. The molecule has 1 heterocycles. The van der Waals surface area contributed by atoms with Gasteiger partial charge in [-0.2, -0.15) is 0 Å². The van der Waals surface area contributed by atoms with Crippen molar-refractivity contribution in [3.05, 3.63) is 0 Å². The summed E-state index contributed by atoms with van der Waals surface area (Å²) in [7, 11) is 0. The van der Waals surface area contributed by atoms with E-state index in [4.69, 9.17) is 4.74 Å². The van der Waals surface area contributed by atoms with Gasteiger partial charge in [0.2, 0.25) is 0 Å². The molecule has 0 aromatic carbocycles. The molecule has 1 fully saturated rings. The van der Waals surface area contributed by atoms with Crippen LogP contribution in [0.2, 0.25) is 0 Å². The SMILES string of the molecule is CSNC(=O)[C@H]1C[C@@H](C)CO1. The van der Waals surface area contributed by atoms with Crippen LogP contribution in [-0.2, 0) is 9.53 Å². The van der Waals surface area contributed by atoms with Crippen LogP contribution in [0, 0.1) is 5.92 Å². The molecule has 1 amide bonds. The van der Waals surface area contributed by atoms with Gasteiger partial charge in [0.25, 0.3) is 5.91 Å².